The van der Waals surface area contributed by atoms with Gasteiger partial charge in [-0.15, -0.1) is 0 Å². The van der Waals surface area contributed by atoms with Crippen LogP contribution in [0.3, 0.4) is 0 Å². The summed E-state index contributed by atoms with van der Waals surface area (Å²) in [7, 11) is 0. The number of likely N-dealkylation sites (tertiary alicyclic amines) is 1. The summed E-state index contributed by atoms with van der Waals surface area (Å²) in [6.45, 7) is 6.11. The smallest absolute Gasteiger partial charge is 0.225 e. The first kappa shape index (κ1) is 16.7. The van der Waals surface area contributed by atoms with E-state index in [9.17, 15) is 4.79 Å². The number of nitrogens with one attached hydrogen (secondary N) is 1. The molecule has 2 unspecified atom stereocenters. The second kappa shape index (κ2) is 7.24. The molecule has 4 rings (SSSR count). The predicted molar refractivity (Wildman–Crippen MR) is 95.8 cm³/mol. The molecule has 1 N–H and O–H groups in total. The van der Waals surface area contributed by atoms with Crippen LogP contribution < -0.4 is 14.8 Å². The molecule has 136 valence electrons. The highest BCUT2D eigenvalue weighted by atomic mass is 16.6. The van der Waals surface area contributed by atoms with Crippen LogP contribution in [0.1, 0.15) is 38.2 Å². The van der Waals surface area contributed by atoms with E-state index in [1.165, 1.54) is 5.56 Å². The molecular weight excluding hydrogens is 316 g/mol. The van der Waals surface area contributed by atoms with Crippen molar-refractivity contribution in [2.45, 2.75) is 45.2 Å². The molecule has 0 spiro atoms. The maximum Gasteiger partial charge on any atom is 0.225 e. The molecule has 2 atom stereocenters. The standard InChI is InChI=1S/C20H28N2O3/c1-2-15-13-22(20(23)16-4-5-16)8-7-17(15)21-12-14-3-6-18-19(11-14)25-10-9-24-18/h3,6,11,15-17,21H,2,4-5,7-10,12-13H2,1H3. The van der Waals surface area contributed by atoms with E-state index in [2.05, 4.69) is 29.3 Å². The van der Waals surface area contributed by atoms with Crippen molar-refractivity contribution in [3.63, 3.8) is 0 Å². The Labute approximate surface area is 149 Å². The zero-order chi connectivity index (χ0) is 17.2. The molecule has 3 aliphatic rings. The Kier molecular flexibility index (Phi) is 4.84. The van der Waals surface area contributed by atoms with Gasteiger partial charge in [-0.05, 0) is 42.9 Å². The molecule has 2 fully saturated rings. The summed E-state index contributed by atoms with van der Waals surface area (Å²) < 4.78 is 11.3. The zero-order valence-corrected chi connectivity index (χ0v) is 15.0. The number of carbonyl (C=O) groups is 1. The maximum atomic E-state index is 12.3. The SMILES string of the molecule is CCC1CN(C(=O)C2CC2)CCC1NCc1ccc2c(c1)OCCO2. The van der Waals surface area contributed by atoms with Crippen molar-refractivity contribution in [3.05, 3.63) is 23.8 Å². The first-order valence-corrected chi connectivity index (χ1v) is 9.65. The molecule has 1 saturated carbocycles. The summed E-state index contributed by atoms with van der Waals surface area (Å²) in [6.07, 6.45) is 4.34. The number of hydrogen-bond acceptors (Lipinski definition) is 4. The average molecular weight is 344 g/mol. The molecule has 2 heterocycles. The molecule has 0 radical (unpaired) electrons. The van der Waals surface area contributed by atoms with Crippen LogP contribution in [0.5, 0.6) is 11.5 Å². The minimum atomic E-state index is 0.333. The zero-order valence-electron chi connectivity index (χ0n) is 15.0. The van der Waals surface area contributed by atoms with Gasteiger partial charge in [0, 0.05) is 31.6 Å². The predicted octanol–water partition coefficient (Wildman–Crippen LogP) is 2.58. The van der Waals surface area contributed by atoms with Crippen molar-refractivity contribution in [2.24, 2.45) is 11.8 Å². The molecule has 0 aromatic heterocycles. The van der Waals surface area contributed by atoms with Crippen LogP contribution in [-0.2, 0) is 11.3 Å². The summed E-state index contributed by atoms with van der Waals surface area (Å²) in [6, 6.07) is 6.66. The highest BCUT2D eigenvalue weighted by molar-refractivity contribution is 5.81. The van der Waals surface area contributed by atoms with Gasteiger partial charge in [0.2, 0.25) is 5.91 Å². The molecule has 25 heavy (non-hydrogen) atoms. The Hall–Kier alpha value is -1.75. The van der Waals surface area contributed by atoms with Crippen LogP contribution in [0, 0.1) is 11.8 Å². The van der Waals surface area contributed by atoms with Crippen LogP contribution in [0.2, 0.25) is 0 Å². The van der Waals surface area contributed by atoms with Gasteiger partial charge in [0.05, 0.1) is 0 Å². The summed E-state index contributed by atoms with van der Waals surface area (Å²) in [4.78, 5) is 14.4. The Morgan fingerprint density at radius 1 is 1.20 bits per heavy atom. The highest BCUT2D eigenvalue weighted by Crippen LogP contribution is 2.33. The normalized spacial score (nSPS) is 25.7. The fraction of sp³-hybridized carbons (Fsp3) is 0.650. The van der Waals surface area contributed by atoms with E-state index in [4.69, 9.17) is 9.47 Å². The number of amides is 1. The van der Waals surface area contributed by atoms with E-state index in [1.54, 1.807) is 0 Å². The van der Waals surface area contributed by atoms with Crippen molar-refractivity contribution in [2.75, 3.05) is 26.3 Å². The number of ether oxygens (including phenoxy) is 2. The first-order valence-electron chi connectivity index (χ1n) is 9.65. The molecule has 0 bridgehead atoms. The van der Waals surface area contributed by atoms with Gasteiger partial charge in [0.15, 0.2) is 11.5 Å². The number of nitrogens with zero attached hydrogens (tertiary/aromatic N) is 1. The summed E-state index contributed by atoms with van der Waals surface area (Å²) >= 11 is 0. The monoisotopic (exact) mass is 344 g/mol. The number of rotatable bonds is 5. The lowest BCUT2D eigenvalue weighted by Gasteiger charge is -2.39. The van der Waals surface area contributed by atoms with E-state index >= 15 is 0 Å². The van der Waals surface area contributed by atoms with E-state index in [1.807, 2.05) is 6.07 Å². The number of hydrogen-bond donors (Lipinski definition) is 1. The number of benzene rings is 1. The maximum absolute atomic E-state index is 12.3. The molecule has 1 amide bonds. The third kappa shape index (κ3) is 3.76. The third-order valence-electron chi connectivity index (χ3n) is 5.67. The fourth-order valence-corrected chi connectivity index (χ4v) is 3.95. The van der Waals surface area contributed by atoms with E-state index in [0.717, 1.165) is 56.8 Å². The molecule has 2 aliphatic heterocycles. The number of carbonyl (C=O) groups excluding carboxylic acids is 1. The van der Waals surface area contributed by atoms with Crippen molar-refractivity contribution in [1.82, 2.24) is 10.2 Å². The van der Waals surface area contributed by atoms with Gasteiger partial charge in [-0.1, -0.05) is 19.4 Å². The van der Waals surface area contributed by atoms with Crippen molar-refractivity contribution >= 4 is 5.91 Å². The van der Waals surface area contributed by atoms with Gasteiger partial charge < -0.3 is 19.7 Å². The minimum Gasteiger partial charge on any atom is -0.486 e. The van der Waals surface area contributed by atoms with E-state index in [0.29, 0.717) is 37.0 Å². The lowest BCUT2D eigenvalue weighted by Crippen LogP contribution is -2.51. The fourth-order valence-electron chi connectivity index (χ4n) is 3.95. The van der Waals surface area contributed by atoms with Crippen LogP contribution in [0.25, 0.3) is 0 Å². The molecule has 1 aromatic rings. The first-order chi connectivity index (χ1) is 12.2. The lowest BCUT2D eigenvalue weighted by atomic mass is 9.89. The molecule has 1 aliphatic carbocycles. The van der Waals surface area contributed by atoms with Crippen molar-refractivity contribution in [3.8, 4) is 11.5 Å². The van der Waals surface area contributed by atoms with Crippen LogP contribution in [0.15, 0.2) is 18.2 Å². The van der Waals surface area contributed by atoms with Gasteiger partial charge in [0.1, 0.15) is 13.2 Å². The Bertz CT molecular complexity index is 629. The Morgan fingerprint density at radius 3 is 2.76 bits per heavy atom. The number of piperidine rings is 1. The second-order valence-corrected chi connectivity index (χ2v) is 7.48. The summed E-state index contributed by atoms with van der Waals surface area (Å²) in [5, 5.41) is 3.72. The van der Waals surface area contributed by atoms with Crippen molar-refractivity contribution < 1.29 is 14.3 Å². The highest BCUT2D eigenvalue weighted by Gasteiger charge is 2.37. The van der Waals surface area contributed by atoms with Gasteiger partial charge in [-0.3, -0.25) is 4.79 Å². The van der Waals surface area contributed by atoms with Gasteiger partial charge in [-0.25, -0.2) is 0 Å². The summed E-state index contributed by atoms with van der Waals surface area (Å²) in [5.41, 5.74) is 1.22. The van der Waals surface area contributed by atoms with Crippen LogP contribution >= 0.6 is 0 Å². The topological polar surface area (TPSA) is 50.8 Å². The Balaban J connectivity index is 1.33. The van der Waals surface area contributed by atoms with Gasteiger partial charge in [0.25, 0.3) is 0 Å². The number of fused-ring (bicyclic) bond motifs is 1. The quantitative estimate of drug-likeness (QED) is 0.892. The van der Waals surface area contributed by atoms with E-state index < -0.39 is 0 Å². The minimum absolute atomic E-state index is 0.333. The molecular formula is C20H28N2O3. The molecule has 1 aromatic carbocycles. The molecule has 5 heteroatoms. The van der Waals surface area contributed by atoms with Gasteiger partial charge >= 0.3 is 0 Å². The third-order valence-corrected chi connectivity index (χ3v) is 5.67. The summed E-state index contributed by atoms with van der Waals surface area (Å²) in [5.74, 6) is 2.95. The van der Waals surface area contributed by atoms with Gasteiger partial charge in [-0.2, -0.15) is 0 Å². The lowest BCUT2D eigenvalue weighted by molar-refractivity contribution is -0.134. The molecule has 1 saturated heterocycles. The van der Waals surface area contributed by atoms with E-state index in [-0.39, 0.29) is 0 Å². The van der Waals surface area contributed by atoms with Crippen molar-refractivity contribution in [1.29, 1.82) is 0 Å². The largest absolute Gasteiger partial charge is 0.486 e. The Morgan fingerprint density at radius 2 is 2.00 bits per heavy atom. The average Bonchev–Trinajstić information content (AvgIpc) is 3.50. The van der Waals surface area contributed by atoms with Crippen LogP contribution in [-0.4, -0.2) is 43.2 Å². The second-order valence-electron chi connectivity index (χ2n) is 7.48. The van der Waals surface area contributed by atoms with Crippen LogP contribution in [0.4, 0.5) is 0 Å². The molecule has 5 nitrogen and oxygen atoms in total.